The van der Waals surface area contributed by atoms with E-state index < -0.39 is 0 Å². The van der Waals surface area contributed by atoms with E-state index >= 15 is 0 Å². The molecule has 1 aromatic heterocycles. The van der Waals surface area contributed by atoms with E-state index in [-0.39, 0.29) is 0 Å². The summed E-state index contributed by atoms with van der Waals surface area (Å²) in [5.74, 6) is 1.82. The molecule has 102 valence electrons. The summed E-state index contributed by atoms with van der Waals surface area (Å²) < 4.78 is 15.9. The average molecular weight is 261 g/mol. The number of hydrogen-bond acceptors (Lipinski definition) is 4. The summed E-state index contributed by atoms with van der Waals surface area (Å²) in [5.41, 5.74) is 1.13. The largest absolute Gasteiger partial charge is 0.491 e. The highest BCUT2D eigenvalue weighted by molar-refractivity contribution is 5.33. The summed E-state index contributed by atoms with van der Waals surface area (Å²) in [4.78, 5) is 0. The standard InChI is InChI=1S/C15H19NO3/c1-17-9-10-19-15-7-3-2-5-13(15)11-16-12-14-6-4-8-18-14/h2-8,16H,9-12H2,1H3. The zero-order valence-electron chi connectivity index (χ0n) is 11.1. The number of furan rings is 1. The molecule has 0 aliphatic rings. The van der Waals surface area contributed by atoms with Crippen LogP contribution in [0.3, 0.4) is 0 Å². The maximum atomic E-state index is 5.68. The first-order valence-electron chi connectivity index (χ1n) is 6.33. The Kier molecular flexibility index (Phi) is 5.47. The molecule has 1 aromatic carbocycles. The Morgan fingerprint density at radius 2 is 1.95 bits per heavy atom. The van der Waals surface area contributed by atoms with Gasteiger partial charge >= 0.3 is 0 Å². The molecule has 0 amide bonds. The van der Waals surface area contributed by atoms with Crippen molar-refractivity contribution in [3.8, 4) is 5.75 Å². The second-order valence-electron chi connectivity index (χ2n) is 4.13. The van der Waals surface area contributed by atoms with Crippen molar-refractivity contribution < 1.29 is 13.9 Å². The first-order valence-corrected chi connectivity index (χ1v) is 6.33. The molecule has 4 heteroatoms. The second-order valence-corrected chi connectivity index (χ2v) is 4.13. The van der Waals surface area contributed by atoms with Crippen molar-refractivity contribution in [1.29, 1.82) is 0 Å². The molecule has 0 saturated heterocycles. The quantitative estimate of drug-likeness (QED) is 0.742. The van der Waals surface area contributed by atoms with Gasteiger partial charge in [0.15, 0.2) is 0 Å². The molecule has 0 bridgehead atoms. The fourth-order valence-corrected chi connectivity index (χ4v) is 1.76. The third-order valence-electron chi connectivity index (χ3n) is 2.71. The molecule has 0 fully saturated rings. The van der Waals surface area contributed by atoms with Gasteiger partial charge in [-0.2, -0.15) is 0 Å². The van der Waals surface area contributed by atoms with Gasteiger partial charge in [-0.15, -0.1) is 0 Å². The highest BCUT2D eigenvalue weighted by Crippen LogP contribution is 2.17. The van der Waals surface area contributed by atoms with Crippen LogP contribution in [0.25, 0.3) is 0 Å². The first-order chi connectivity index (χ1) is 9.40. The zero-order valence-corrected chi connectivity index (χ0v) is 11.1. The van der Waals surface area contributed by atoms with Crippen LogP contribution >= 0.6 is 0 Å². The number of methoxy groups -OCH3 is 1. The Balaban J connectivity index is 1.84. The van der Waals surface area contributed by atoms with Crippen molar-refractivity contribution in [1.82, 2.24) is 5.32 Å². The summed E-state index contributed by atoms with van der Waals surface area (Å²) >= 11 is 0. The number of hydrogen-bond donors (Lipinski definition) is 1. The zero-order chi connectivity index (χ0) is 13.3. The second kappa shape index (κ2) is 7.61. The van der Waals surface area contributed by atoms with Crippen LogP contribution in [-0.4, -0.2) is 20.3 Å². The predicted molar refractivity (Wildman–Crippen MR) is 73.1 cm³/mol. The molecule has 0 atom stereocenters. The maximum absolute atomic E-state index is 5.68. The van der Waals surface area contributed by atoms with Crippen molar-refractivity contribution in [2.24, 2.45) is 0 Å². The van der Waals surface area contributed by atoms with Gasteiger partial charge in [-0.1, -0.05) is 18.2 Å². The van der Waals surface area contributed by atoms with E-state index in [0.717, 1.165) is 23.6 Å². The van der Waals surface area contributed by atoms with Gasteiger partial charge in [0, 0.05) is 19.2 Å². The molecular formula is C15H19NO3. The van der Waals surface area contributed by atoms with Crippen LogP contribution in [0.1, 0.15) is 11.3 Å². The Labute approximate surface area is 113 Å². The van der Waals surface area contributed by atoms with Gasteiger partial charge in [-0.3, -0.25) is 0 Å². The maximum Gasteiger partial charge on any atom is 0.123 e. The van der Waals surface area contributed by atoms with E-state index in [0.29, 0.717) is 19.8 Å². The summed E-state index contributed by atoms with van der Waals surface area (Å²) in [6, 6.07) is 11.8. The molecule has 1 N–H and O–H groups in total. The van der Waals surface area contributed by atoms with Crippen LogP contribution in [0.2, 0.25) is 0 Å². The highest BCUT2D eigenvalue weighted by atomic mass is 16.5. The summed E-state index contributed by atoms with van der Waals surface area (Å²) in [5, 5.41) is 3.33. The smallest absolute Gasteiger partial charge is 0.123 e. The summed E-state index contributed by atoms with van der Waals surface area (Å²) in [6.07, 6.45) is 1.68. The van der Waals surface area contributed by atoms with E-state index in [4.69, 9.17) is 13.9 Å². The molecule has 19 heavy (non-hydrogen) atoms. The fourth-order valence-electron chi connectivity index (χ4n) is 1.76. The lowest BCUT2D eigenvalue weighted by molar-refractivity contribution is 0.145. The van der Waals surface area contributed by atoms with Crippen molar-refractivity contribution >= 4 is 0 Å². The molecule has 0 saturated carbocycles. The summed E-state index contributed by atoms with van der Waals surface area (Å²) in [7, 11) is 1.67. The predicted octanol–water partition coefficient (Wildman–Crippen LogP) is 2.59. The SMILES string of the molecule is COCCOc1ccccc1CNCc1ccco1. The van der Waals surface area contributed by atoms with E-state index in [2.05, 4.69) is 11.4 Å². The van der Waals surface area contributed by atoms with Crippen LogP contribution in [0, 0.1) is 0 Å². The third kappa shape index (κ3) is 4.43. The number of para-hydroxylation sites is 1. The van der Waals surface area contributed by atoms with E-state index in [1.807, 2.05) is 30.3 Å². The lowest BCUT2D eigenvalue weighted by Gasteiger charge is -2.11. The van der Waals surface area contributed by atoms with Gasteiger partial charge in [0.1, 0.15) is 18.1 Å². The molecule has 0 spiro atoms. The molecule has 0 unspecified atom stereocenters. The van der Waals surface area contributed by atoms with Crippen LogP contribution < -0.4 is 10.1 Å². The number of ether oxygens (including phenoxy) is 2. The minimum Gasteiger partial charge on any atom is -0.491 e. The molecule has 1 heterocycles. The molecule has 0 aliphatic heterocycles. The van der Waals surface area contributed by atoms with Crippen LogP contribution in [0.4, 0.5) is 0 Å². The van der Waals surface area contributed by atoms with Gasteiger partial charge in [0.2, 0.25) is 0 Å². The normalized spacial score (nSPS) is 10.6. The molecule has 0 aliphatic carbocycles. The molecule has 2 aromatic rings. The van der Waals surface area contributed by atoms with Gasteiger partial charge in [-0.25, -0.2) is 0 Å². The first kappa shape index (κ1) is 13.6. The van der Waals surface area contributed by atoms with Gasteiger partial charge in [-0.05, 0) is 18.2 Å². The molecular weight excluding hydrogens is 242 g/mol. The van der Waals surface area contributed by atoms with Crippen molar-refractivity contribution in [3.63, 3.8) is 0 Å². The van der Waals surface area contributed by atoms with Crippen molar-refractivity contribution in [3.05, 3.63) is 54.0 Å². The topological polar surface area (TPSA) is 43.6 Å². The van der Waals surface area contributed by atoms with Gasteiger partial charge in [0.05, 0.1) is 19.4 Å². The Morgan fingerprint density at radius 1 is 1.05 bits per heavy atom. The minimum atomic E-state index is 0.561. The molecule has 2 rings (SSSR count). The Hall–Kier alpha value is -1.78. The van der Waals surface area contributed by atoms with Crippen molar-refractivity contribution in [2.45, 2.75) is 13.1 Å². The van der Waals surface area contributed by atoms with Gasteiger partial charge < -0.3 is 19.2 Å². The lowest BCUT2D eigenvalue weighted by atomic mass is 10.2. The lowest BCUT2D eigenvalue weighted by Crippen LogP contribution is -2.14. The third-order valence-corrected chi connectivity index (χ3v) is 2.71. The monoisotopic (exact) mass is 261 g/mol. The highest BCUT2D eigenvalue weighted by Gasteiger charge is 2.03. The van der Waals surface area contributed by atoms with Crippen LogP contribution in [-0.2, 0) is 17.8 Å². The van der Waals surface area contributed by atoms with Crippen LogP contribution in [0.15, 0.2) is 47.1 Å². The van der Waals surface area contributed by atoms with E-state index in [1.54, 1.807) is 13.4 Å². The minimum absolute atomic E-state index is 0.561. The molecule has 4 nitrogen and oxygen atoms in total. The summed E-state index contributed by atoms with van der Waals surface area (Å²) in [6.45, 7) is 2.60. The Bertz CT molecular complexity index is 468. The molecule has 0 radical (unpaired) electrons. The number of nitrogens with one attached hydrogen (secondary N) is 1. The fraction of sp³-hybridized carbons (Fsp3) is 0.333. The van der Waals surface area contributed by atoms with E-state index in [1.165, 1.54) is 0 Å². The van der Waals surface area contributed by atoms with Gasteiger partial charge in [0.25, 0.3) is 0 Å². The Morgan fingerprint density at radius 3 is 2.74 bits per heavy atom. The van der Waals surface area contributed by atoms with Crippen molar-refractivity contribution in [2.75, 3.05) is 20.3 Å². The number of rotatable bonds is 8. The van der Waals surface area contributed by atoms with E-state index in [9.17, 15) is 0 Å². The number of benzene rings is 1. The average Bonchev–Trinajstić information content (AvgIpc) is 2.94. The van der Waals surface area contributed by atoms with Crippen LogP contribution in [0.5, 0.6) is 5.75 Å².